The normalized spacial score (nSPS) is 13.3. The zero-order valence-corrected chi connectivity index (χ0v) is 21.8. The summed E-state index contributed by atoms with van der Waals surface area (Å²) in [6.45, 7) is 19.4. The fourth-order valence-corrected chi connectivity index (χ4v) is 3.40. The van der Waals surface area contributed by atoms with Gasteiger partial charge in [-0.1, -0.05) is 82.5 Å². The van der Waals surface area contributed by atoms with Gasteiger partial charge in [-0.15, -0.1) is 0 Å². The molecule has 0 aromatic carbocycles. The maximum absolute atomic E-state index is 3.97. The van der Waals surface area contributed by atoms with Crippen LogP contribution in [0.3, 0.4) is 0 Å². The van der Waals surface area contributed by atoms with Gasteiger partial charge in [-0.05, 0) is 113 Å². The predicted octanol–water partition coefficient (Wildman–Crippen LogP) is 10.8. The minimum Gasteiger partial charge on any atom is -0.0988 e. The summed E-state index contributed by atoms with van der Waals surface area (Å²) < 4.78 is 0. The Kier molecular flexibility index (Phi) is 17.8. The van der Waals surface area contributed by atoms with Crippen molar-refractivity contribution in [3.63, 3.8) is 0 Å². The molecule has 0 aliphatic heterocycles. The van der Waals surface area contributed by atoms with Crippen molar-refractivity contribution in [2.45, 2.75) is 113 Å². The van der Waals surface area contributed by atoms with E-state index in [1.807, 2.05) is 6.08 Å². The van der Waals surface area contributed by atoms with Crippen molar-refractivity contribution in [2.24, 2.45) is 0 Å². The van der Waals surface area contributed by atoms with Gasteiger partial charge in [0.2, 0.25) is 0 Å². The zero-order valence-electron chi connectivity index (χ0n) is 21.8. The third-order valence-corrected chi connectivity index (χ3v) is 5.47. The number of hydrogen-bond donors (Lipinski definition) is 0. The Balaban J connectivity index is 4.16. The lowest BCUT2D eigenvalue weighted by molar-refractivity contribution is 0.899. The Labute approximate surface area is 195 Å². The maximum atomic E-state index is 3.97. The summed E-state index contributed by atoms with van der Waals surface area (Å²) in [6.07, 6.45) is 27.8. The molecule has 31 heavy (non-hydrogen) atoms. The van der Waals surface area contributed by atoms with E-state index in [-0.39, 0.29) is 0 Å². The predicted molar refractivity (Wildman–Crippen MR) is 145 cm³/mol. The second kappa shape index (κ2) is 18.9. The molecule has 0 N–H and O–H groups in total. The van der Waals surface area contributed by atoms with E-state index in [1.54, 1.807) is 0 Å². The molecule has 0 heterocycles. The Hall–Kier alpha value is -1.82. The molecule has 0 aliphatic rings. The van der Waals surface area contributed by atoms with Crippen LogP contribution in [0.25, 0.3) is 0 Å². The SMILES string of the molecule is C=C/C(=C/CCC(C)=CCC/C=C(\C)CCC=C(C)CCC=C(C)C)CCC=C(C)C. The molecule has 0 spiro atoms. The fraction of sp³-hybridized carbons (Fsp3) is 0.548. The number of allylic oxidation sites excluding steroid dienone is 13. The fourth-order valence-electron chi connectivity index (χ4n) is 3.40. The van der Waals surface area contributed by atoms with Crippen molar-refractivity contribution in [1.29, 1.82) is 0 Å². The first-order valence-electron chi connectivity index (χ1n) is 12.3. The monoisotopic (exact) mass is 422 g/mol. The molecule has 0 heteroatoms. The molecule has 0 fully saturated rings. The number of rotatable bonds is 16. The number of hydrogen-bond acceptors (Lipinski definition) is 0. The molecule has 0 nitrogen and oxygen atoms in total. The topological polar surface area (TPSA) is 0 Å². The van der Waals surface area contributed by atoms with E-state index in [2.05, 4.69) is 91.5 Å². The molecule has 0 aromatic heterocycles. The van der Waals surface area contributed by atoms with Crippen molar-refractivity contribution in [2.75, 3.05) is 0 Å². The van der Waals surface area contributed by atoms with E-state index in [0.29, 0.717) is 0 Å². The first-order valence-corrected chi connectivity index (χ1v) is 12.3. The maximum Gasteiger partial charge on any atom is -0.0247 e. The summed E-state index contributed by atoms with van der Waals surface area (Å²) in [5, 5.41) is 0. The molecule has 0 bridgehead atoms. The molecule has 0 saturated carbocycles. The Morgan fingerprint density at radius 1 is 0.452 bits per heavy atom. The van der Waals surface area contributed by atoms with Crippen molar-refractivity contribution < 1.29 is 0 Å². The molecule has 0 saturated heterocycles. The van der Waals surface area contributed by atoms with E-state index in [4.69, 9.17) is 0 Å². The quantitative estimate of drug-likeness (QED) is 0.132. The van der Waals surface area contributed by atoms with Crippen LogP contribution in [0.2, 0.25) is 0 Å². The second-order valence-corrected chi connectivity index (χ2v) is 9.43. The summed E-state index contributed by atoms with van der Waals surface area (Å²) >= 11 is 0. The Morgan fingerprint density at radius 3 is 1.23 bits per heavy atom. The van der Waals surface area contributed by atoms with Crippen molar-refractivity contribution in [3.05, 3.63) is 82.5 Å². The first kappa shape index (κ1) is 29.2. The van der Waals surface area contributed by atoms with Crippen LogP contribution in [0.1, 0.15) is 113 Å². The largest absolute Gasteiger partial charge is 0.0988 e. The molecule has 0 atom stereocenters. The van der Waals surface area contributed by atoms with Gasteiger partial charge in [-0.2, -0.15) is 0 Å². The molecule has 0 rings (SSSR count). The van der Waals surface area contributed by atoms with E-state index < -0.39 is 0 Å². The molecule has 174 valence electrons. The van der Waals surface area contributed by atoms with Crippen LogP contribution in [-0.2, 0) is 0 Å². The van der Waals surface area contributed by atoms with Gasteiger partial charge < -0.3 is 0 Å². The standard InChI is InChI=1S/C31H50/c1-9-31(24-13-17-27(4)5)25-15-23-29(7)19-11-10-18-28(6)21-14-22-30(8)20-12-16-26(2)3/h9,16-19,22,25H,1,10-15,20-21,23-24H2,2-8H3/b28-18+,29-19?,30-22?,31-25-. The highest BCUT2D eigenvalue weighted by atomic mass is 14.0. The van der Waals surface area contributed by atoms with Crippen LogP contribution in [0.4, 0.5) is 0 Å². The van der Waals surface area contributed by atoms with Gasteiger partial charge in [0.15, 0.2) is 0 Å². The van der Waals surface area contributed by atoms with Crippen LogP contribution in [0, 0.1) is 0 Å². The van der Waals surface area contributed by atoms with Crippen molar-refractivity contribution >= 4 is 0 Å². The van der Waals surface area contributed by atoms with Crippen molar-refractivity contribution in [1.82, 2.24) is 0 Å². The molecular formula is C31H50. The van der Waals surface area contributed by atoms with Crippen LogP contribution in [0.5, 0.6) is 0 Å². The third kappa shape index (κ3) is 19.9. The molecular weight excluding hydrogens is 372 g/mol. The summed E-state index contributed by atoms with van der Waals surface area (Å²) in [5.41, 5.74) is 8.75. The van der Waals surface area contributed by atoms with Crippen LogP contribution in [0.15, 0.2) is 82.5 Å². The van der Waals surface area contributed by atoms with Gasteiger partial charge in [0.05, 0.1) is 0 Å². The highest BCUT2D eigenvalue weighted by molar-refractivity contribution is 5.17. The summed E-state index contributed by atoms with van der Waals surface area (Å²) in [7, 11) is 0. The van der Waals surface area contributed by atoms with E-state index in [9.17, 15) is 0 Å². The van der Waals surface area contributed by atoms with Gasteiger partial charge in [0, 0.05) is 0 Å². The lowest BCUT2D eigenvalue weighted by atomic mass is 10.0. The summed E-state index contributed by atoms with van der Waals surface area (Å²) in [6, 6.07) is 0. The van der Waals surface area contributed by atoms with Crippen LogP contribution >= 0.6 is 0 Å². The van der Waals surface area contributed by atoms with E-state index in [0.717, 1.165) is 38.5 Å². The van der Waals surface area contributed by atoms with Gasteiger partial charge in [-0.3, -0.25) is 0 Å². The molecule has 0 amide bonds. The molecule has 0 radical (unpaired) electrons. The smallest absolute Gasteiger partial charge is 0.0247 e. The van der Waals surface area contributed by atoms with Crippen molar-refractivity contribution in [3.8, 4) is 0 Å². The van der Waals surface area contributed by atoms with Gasteiger partial charge >= 0.3 is 0 Å². The van der Waals surface area contributed by atoms with Crippen LogP contribution < -0.4 is 0 Å². The van der Waals surface area contributed by atoms with Gasteiger partial charge in [0.25, 0.3) is 0 Å². The minimum atomic E-state index is 1.10. The highest BCUT2D eigenvalue weighted by Crippen LogP contribution is 2.15. The zero-order chi connectivity index (χ0) is 23.5. The minimum absolute atomic E-state index is 1.10. The average Bonchev–Trinajstić information content (AvgIpc) is 2.69. The van der Waals surface area contributed by atoms with Crippen LogP contribution in [-0.4, -0.2) is 0 Å². The molecule has 0 aliphatic carbocycles. The Morgan fingerprint density at radius 2 is 0.806 bits per heavy atom. The number of unbranched alkanes of at least 4 members (excludes halogenated alkanes) is 1. The molecule has 0 aromatic rings. The highest BCUT2D eigenvalue weighted by Gasteiger charge is 1.95. The Bertz CT molecular complexity index is 678. The summed E-state index contributed by atoms with van der Waals surface area (Å²) in [4.78, 5) is 0. The van der Waals surface area contributed by atoms with E-state index in [1.165, 1.54) is 59.1 Å². The first-order chi connectivity index (χ1) is 14.7. The lowest BCUT2D eigenvalue weighted by Crippen LogP contribution is -1.83. The average molecular weight is 423 g/mol. The van der Waals surface area contributed by atoms with Gasteiger partial charge in [0.1, 0.15) is 0 Å². The van der Waals surface area contributed by atoms with E-state index >= 15 is 0 Å². The molecule has 0 unspecified atom stereocenters. The van der Waals surface area contributed by atoms with Gasteiger partial charge in [-0.25, -0.2) is 0 Å². The third-order valence-electron chi connectivity index (χ3n) is 5.47. The summed E-state index contributed by atoms with van der Waals surface area (Å²) in [5.74, 6) is 0. The lowest BCUT2D eigenvalue weighted by Gasteiger charge is -2.03. The second-order valence-electron chi connectivity index (χ2n) is 9.43.